The molecule has 0 unspecified atom stereocenters. The minimum atomic E-state index is -1.77. The summed E-state index contributed by atoms with van der Waals surface area (Å²) in [6, 6.07) is 0. The molecule has 0 aromatic heterocycles. The number of nitrogens with zero attached hydrogens (tertiary/aromatic N) is 1. The van der Waals surface area contributed by atoms with Gasteiger partial charge in [0.25, 0.3) is 0 Å². The molecule has 0 bridgehead atoms. The maximum Gasteiger partial charge on any atom is 0.200 e. The summed E-state index contributed by atoms with van der Waals surface area (Å²) in [6.07, 6.45) is 4.22. The standard InChI is InChI=1S/C19H39NO2Si/c1-8-9-19(20-10-12-21-13-11-20)14-18(19)22-23(15(2)3,16(4)5)17(6)7/h15-18H,8-14H2,1-7H3/t18-,19-/m1/s1. The molecule has 0 aromatic rings. The second kappa shape index (κ2) is 7.55. The summed E-state index contributed by atoms with van der Waals surface area (Å²) in [4.78, 5) is 2.69. The van der Waals surface area contributed by atoms with Crippen molar-refractivity contribution in [3.8, 4) is 0 Å². The first-order valence-corrected chi connectivity index (χ1v) is 12.0. The molecule has 23 heavy (non-hydrogen) atoms. The van der Waals surface area contributed by atoms with Crippen LogP contribution in [-0.2, 0) is 9.16 Å². The van der Waals surface area contributed by atoms with Crippen LogP contribution in [0.5, 0.6) is 0 Å². The molecule has 3 nitrogen and oxygen atoms in total. The summed E-state index contributed by atoms with van der Waals surface area (Å²) in [7, 11) is -1.77. The van der Waals surface area contributed by atoms with Crippen molar-refractivity contribution in [2.24, 2.45) is 0 Å². The normalized spacial score (nSPS) is 29.7. The van der Waals surface area contributed by atoms with Crippen LogP contribution < -0.4 is 0 Å². The SMILES string of the molecule is CCC[C@@]1(N2CCOCC2)C[C@H]1O[Si](C(C)C)(C(C)C)C(C)C. The molecule has 0 spiro atoms. The van der Waals surface area contributed by atoms with Gasteiger partial charge in [0, 0.05) is 18.6 Å². The van der Waals surface area contributed by atoms with Crippen molar-refractivity contribution < 1.29 is 9.16 Å². The van der Waals surface area contributed by atoms with Crippen LogP contribution in [0.25, 0.3) is 0 Å². The number of hydrogen-bond acceptors (Lipinski definition) is 3. The zero-order valence-corrected chi connectivity index (χ0v) is 17.5. The Morgan fingerprint density at radius 2 is 1.57 bits per heavy atom. The quantitative estimate of drug-likeness (QED) is 0.591. The van der Waals surface area contributed by atoms with E-state index in [1.54, 1.807) is 0 Å². The van der Waals surface area contributed by atoms with Crippen LogP contribution in [0, 0.1) is 0 Å². The van der Waals surface area contributed by atoms with Crippen molar-refractivity contribution in [2.45, 2.75) is 96.0 Å². The van der Waals surface area contributed by atoms with Gasteiger partial charge in [0.1, 0.15) is 0 Å². The maximum atomic E-state index is 7.11. The number of morpholine rings is 1. The van der Waals surface area contributed by atoms with Crippen LogP contribution in [0.2, 0.25) is 16.6 Å². The predicted molar refractivity (Wildman–Crippen MR) is 101 cm³/mol. The molecule has 0 radical (unpaired) electrons. The van der Waals surface area contributed by atoms with Gasteiger partial charge >= 0.3 is 0 Å². The molecule has 1 aliphatic carbocycles. The first-order chi connectivity index (χ1) is 10.8. The molecule has 1 saturated carbocycles. The average Bonchev–Trinajstić information content (AvgIpc) is 3.19. The highest BCUT2D eigenvalue weighted by atomic mass is 28.4. The lowest BCUT2D eigenvalue weighted by Crippen LogP contribution is -2.52. The molecule has 4 heteroatoms. The highest BCUT2D eigenvalue weighted by molar-refractivity contribution is 6.77. The molecule has 0 amide bonds. The molecule has 0 aromatic carbocycles. The topological polar surface area (TPSA) is 21.7 Å². The summed E-state index contributed by atoms with van der Waals surface area (Å²) in [5.74, 6) is 0. The smallest absolute Gasteiger partial charge is 0.200 e. The molecule has 1 aliphatic heterocycles. The first kappa shape index (κ1) is 19.4. The Balaban J connectivity index is 2.17. The summed E-state index contributed by atoms with van der Waals surface area (Å²) in [6.45, 7) is 20.6. The Hall–Kier alpha value is 0.0969. The van der Waals surface area contributed by atoms with E-state index in [9.17, 15) is 0 Å². The minimum Gasteiger partial charge on any atom is -0.411 e. The molecule has 2 atom stereocenters. The summed E-state index contributed by atoms with van der Waals surface area (Å²) < 4.78 is 12.7. The largest absolute Gasteiger partial charge is 0.411 e. The van der Waals surface area contributed by atoms with E-state index in [-0.39, 0.29) is 0 Å². The molecule has 2 aliphatic rings. The first-order valence-electron chi connectivity index (χ1n) is 9.81. The Labute approximate surface area is 145 Å². The van der Waals surface area contributed by atoms with Gasteiger partial charge in [-0.05, 0) is 29.5 Å². The van der Waals surface area contributed by atoms with Crippen molar-refractivity contribution in [3.63, 3.8) is 0 Å². The Morgan fingerprint density at radius 1 is 1.04 bits per heavy atom. The molecule has 2 fully saturated rings. The van der Waals surface area contributed by atoms with Crippen molar-refractivity contribution >= 4 is 8.32 Å². The monoisotopic (exact) mass is 341 g/mol. The van der Waals surface area contributed by atoms with E-state index in [0.29, 0.717) is 28.3 Å². The van der Waals surface area contributed by atoms with Gasteiger partial charge in [-0.1, -0.05) is 54.9 Å². The highest BCUT2D eigenvalue weighted by Crippen LogP contribution is 2.54. The van der Waals surface area contributed by atoms with E-state index in [1.165, 1.54) is 19.3 Å². The van der Waals surface area contributed by atoms with Crippen LogP contribution in [0.15, 0.2) is 0 Å². The van der Waals surface area contributed by atoms with Crippen molar-refractivity contribution in [1.82, 2.24) is 4.90 Å². The van der Waals surface area contributed by atoms with Crippen LogP contribution in [-0.4, -0.2) is 51.2 Å². The molecule has 1 heterocycles. The van der Waals surface area contributed by atoms with Gasteiger partial charge < -0.3 is 9.16 Å². The Bertz CT molecular complexity index is 358. The molecular weight excluding hydrogens is 302 g/mol. The lowest BCUT2D eigenvalue weighted by atomic mass is 10.1. The third kappa shape index (κ3) is 3.56. The lowest BCUT2D eigenvalue weighted by molar-refractivity contribution is -0.00435. The van der Waals surface area contributed by atoms with Gasteiger partial charge in [0.05, 0.1) is 19.3 Å². The van der Waals surface area contributed by atoms with Gasteiger partial charge in [-0.2, -0.15) is 0 Å². The van der Waals surface area contributed by atoms with E-state index >= 15 is 0 Å². The molecule has 0 N–H and O–H groups in total. The summed E-state index contributed by atoms with van der Waals surface area (Å²) >= 11 is 0. The van der Waals surface area contributed by atoms with E-state index in [1.807, 2.05) is 0 Å². The third-order valence-electron chi connectivity index (χ3n) is 6.36. The predicted octanol–water partition coefficient (Wildman–Crippen LogP) is 4.82. The third-order valence-corrected chi connectivity index (χ3v) is 12.5. The fourth-order valence-electron chi connectivity index (χ4n) is 5.26. The van der Waals surface area contributed by atoms with Gasteiger partial charge in [-0.15, -0.1) is 0 Å². The lowest BCUT2D eigenvalue weighted by Gasteiger charge is -2.44. The van der Waals surface area contributed by atoms with E-state index < -0.39 is 8.32 Å². The summed E-state index contributed by atoms with van der Waals surface area (Å²) in [5, 5.41) is 0. The molecule has 136 valence electrons. The van der Waals surface area contributed by atoms with Crippen molar-refractivity contribution in [1.29, 1.82) is 0 Å². The maximum absolute atomic E-state index is 7.11. The van der Waals surface area contributed by atoms with E-state index in [4.69, 9.17) is 9.16 Å². The van der Waals surface area contributed by atoms with Crippen LogP contribution in [0.4, 0.5) is 0 Å². The second-order valence-electron chi connectivity index (χ2n) is 8.58. The van der Waals surface area contributed by atoms with Crippen LogP contribution in [0.3, 0.4) is 0 Å². The van der Waals surface area contributed by atoms with Crippen molar-refractivity contribution in [2.75, 3.05) is 26.3 Å². The molecular formula is C19H39NO2Si. The molecule has 2 rings (SSSR count). The average molecular weight is 342 g/mol. The minimum absolute atomic E-state index is 0.315. The zero-order chi connectivity index (χ0) is 17.3. The van der Waals surface area contributed by atoms with Crippen molar-refractivity contribution in [3.05, 3.63) is 0 Å². The highest BCUT2D eigenvalue weighted by Gasteiger charge is 2.62. The van der Waals surface area contributed by atoms with Gasteiger partial charge in [-0.3, -0.25) is 4.90 Å². The Kier molecular flexibility index (Phi) is 6.37. The van der Waals surface area contributed by atoms with Crippen LogP contribution in [0.1, 0.15) is 67.7 Å². The number of rotatable bonds is 8. The number of hydrogen-bond donors (Lipinski definition) is 0. The van der Waals surface area contributed by atoms with Gasteiger partial charge in [0.15, 0.2) is 0 Å². The number of ether oxygens (including phenoxy) is 1. The fraction of sp³-hybridized carbons (Fsp3) is 1.00. The second-order valence-corrected chi connectivity index (χ2v) is 14.0. The van der Waals surface area contributed by atoms with E-state index in [0.717, 1.165) is 26.3 Å². The zero-order valence-electron chi connectivity index (χ0n) is 16.5. The Morgan fingerprint density at radius 3 is 2.00 bits per heavy atom. The molecule has 1 saturated heterocycles. The van der Waals surface area contributed by atoms with Gasteiger partial charge in [0.2, 0.25) is 8.32 Å². The van der Waals surface area contributed by atoms with E-state index in [2.05, 4.69) is 53.4 Å². The van der Waals surface area contributed by atoms with Crippen LogP contribution >= 0.6 is 0 Å². The van der Waals surface area contributed by atoms with Gasteiger partial charge in [-0.25, -0.2) is 0 Å². The summed E-state index contributed by atoms with van der Waals surface area (Å²) in [5.41, 5.74) is 2.33. The fourth-order valence-corrected chi connectivity index (χ4v) is 10.9.